The van der Waals surface area contributed by atoms with Crippen LogP contribution in [-0.2, 0) is 4.79 Å². The van der Waals surface area contributed by atoms with Crippen LogP contribution < -0.4 is 5.32 Å². The number of hydrogen-bond donors (Lipinski definition) is 1. The van der Waals surface area contributed by atoms with Crippen LogP contribution in [0, 0.1) is 0 Å². The standard InChI is InChI=1S/C23H34ClN3O/c24-19-12-10-18(11-13-19)22(23(28)25-20-6-4-5-7-20)27-16-14-26(15-17-27)21-8-2-1-3-9-21/h10-13,20-22H,1-9,14-17H2,(H,25,28)/t22-/m0/s1. The summed E-state index contributed by atoms with van der Waals surface area (Å²) >= 11 is 6.10. The summed E-state index contributed by atoms with van der Waals surface area (Å²) in [5.74, 6) is 0.167. The van der Waals surface area contributed by atoms with Crippen LogP contribution in [0.3, 0.4) is 0 Å². The number of piperazine rings is 1. The Balaban J connectivity index is 1.44. The van der Waals surface area contributed by atoms with Gasteiger partial charge in [-0.3, -0.25) is 14.6 Å². The van der Waals surface area contributed by atoms with Gasteiger partial charge >= 0.3 is 0 Å². The number of carbonyl (C=O) groups is 1. The minimum Gasteiger partial charge on any atom is -0.352 e. The van der Waals surface area contributed by atoms with E-state index in [1.54, 1.807) is 0 Å². The van der Waals surface area contributed by atoms with Gasteiger partial charge in [-0.1, -0.05) is 55.8 Å². The molecule has 1 heterocycles. The number of hydrogen-bond acceptors (Lipinski definition) is 3. The molecule has 3 fully saturated rings. The van der Waals surface area contributed by atoms with Crippen LogP contribution in [0.5, 0.6) is 0 Å². The Morgan fingerprint density at radius 2 is 1.50 bits per heavy atom. The Bertz CT molecular complexity index is 630. The third-order valence-corrected chi connectivity index (χ3v) is 7.19. The molecule has 1 atom stereocenters. The minimum atomic E-state index is -0.202. The van der Waals surface area contributed by atoms with Gasteiger partial charge in [0.25, 0.3) is 0 Å². The Labute approximate surface area is 174 Å². The van der Waals surface area contributed by atoms with E-state index in [4.69, 9.17) is 11.6 Å². The molecule has 1 saturated heterocycles. The molecule has 0 radical (unpaired) electrons. The van der Waals surface area contributed by atoms with Gasteiger partial charge in [-0.25, -0.2) is 0 Å². The largest absolute Gasteiger partial charge is 0.352 e. The van der Waals surface area contributed by atoms with Crippen LogP contribution in [-0.4, -0.2) is 54.0 Å². The second-order valence-electron chi connectivity index (χ2n) is 8.81. The predicted molar refractivity (Wildman–Crippen MR) is 115 cm³/mol. The van der Waals surface area contributed by atoms with E-state index >= 15 is 0 Å². The first-order valence-corrected chi connectivity index (χ1v) is 11.6. The van der Waals surface area contributed by atoms with E-state index in [1.807, 2.05) is 24.3 Å². The molecule has 1 aromatic carbocycles. The minimum absolute atomic E-state index is 0.167. The van der Waals surface area contributed by atoms with E-state index < -0.39 is 0 Å². The number of benzene rings is 1. The molecule has 5 heteroatoms. The number of carbonyl (C=O) groups excluding carboxylic acids is 1. The summed E-state index contributed by atoms with van der Waals surface area (Å²) in [6.45, 7) is 4.07. The van der Waals surface area contributed by atoms with Crippen LogP contribution in [0.2, 0.25) is 5.02 Å². The molecule has 0 aromatic heterocycles. The van der Waals surface area contributed by atoms with Crippen molar-refractivity contribution in [3.05, 3.63) is 34.9 Å². The molecule has 0 bridgehead atoms. The Morgan fingerprint density at radius 1 is 0.893 bits per heavy atom. The first-order valence-electron chi connectivity index (χ1n) is 11.2. The summed E-state index contributed by atoms with van der Waals surface area (Å²) in [4.78, 5) is 18.3. The van der Waals surface area contributed by atoms with Gasteiger partial charge < -0.3 is 5.32 Å². The van der Waals surface area contributed by atoms with Crippen LogP contribution in [0.15, 0.2) is 24.3 Å². The fraction of sp³-hybridized carbons (Fsp3) is 0.696. The maximum atomic E-state index is 13.3. The fourth-order valence-corrected chi connectivity index (χ4v) is 5.46. The summed E-state index contributed by atoms with van der Waals surface area (Å²) in [6.07, 6.45) is 11.6. The molecule has 3 aliphatic rings. The zero-order chi connectivity index (χ0) is 19.3. The first kappa shape index (κ1) is 20.2. The Hall–Kier alpha value is -1.10. The van der Waals surface area contributed by atoms with E-state index in [0.717, 1.165) is 55.6 Å². The van der Waals surface area contributed by atoms with Crippen molar-refractivity contribution in [3.63, 3.8) is 0 Å². The molecule has 4 nitrogen and oxygen atoms in total. The van der Waals surface area contributed by atoms with E-state index in [2.05, 4.69) is 15.1 Å². The van der Waals surface area contributed by atoms with Crippen LogP contribution in [0.1, 0.15) is 69.4 Å². The molecule has 1 aliphatic heterocycles. The molecule has 28 heavy (non-hydrogen) atoms. The van der Waals surface area contributed by atoms with Gasteiger partial charge in [-0.05, 0) is 43.4 Å². The van der Waals surface area contributed by atoms with Crippen LogP contribution >= 0.6 is 11.6 Å². The average Bonchev–Trinajstić information content (AvgIpc) is 3.24. The zero-order valence-corrected chi connectivity index (χ0v) is 17.7. The summed E-state index contributed by atoms with van der Waals surface area (Å²) in [6, 6.07) is 8.77. The molecule has 1 N–H and O–H groups in total. The van der Waals surface area contributed by atoms with Crippen molar-refractivity contribution in [2.75, 3.05) is 26.2 Å². The van der Waals surface area contributed by atoms with Gasteiger partial charge in [-0.15, -0.1) is 0 Å². The lowest BCUT2D eigenvalue weighted by Crippen LogP contribution is -2.54. The SMILES string of the molecule is O=C(NC1CCCC1)[C@H](c1ccc(Cl)cc1)N1CCN(C2CCCCC2)CC1. The fourth-order valence-electron chi connectivity index (χ4n) is 5.33. The van der Waals surface area contributed by atoms with Crippen molar-refractivity contribution in [1.29, 1.82) is 0 Å². The smallest absolute Gasteiger partial charge is 0.242 e. The molecular formula is C23H34ClN3O. The van der Waals surface area contributed by atoms with E-state index in [0.29, 0.717) is 6.04 Å². The summed E-state index contributed by atoms with van der Waals surface area (Å²) < 4.78 is 0. The third-order valence-electron chi connectivity index (χ3n) is 6.94. The number of nitrogens with zero attached hydrogens (tertiary/aromatic N) is 2. The van der Waals surface area contributed by atoms with E-state index in [-0.39, 0.29) is 11.9 Å². The van der Waals surface area contributed by atoms with E-state index in [1.165, 1.54) is 44.9 Å². The van der Waals surface area contributed by atoms with Gasteiger partial charge in [0.2, 0.25) is 5.91 Å². The number of halogens is 1. The average molecular weight is 404 g/mol. The molecule has 2 aliphatic carbocycles. The van der Waals surface area contributed by atoms with Crippen molar-refractivity contribution >= 4 is 17.5 Å². The number of nitrogens with one attached hydrogen (secondary N) is 1. The lowest BCUT2D eigenvalue weighted by molar-refractivity contribution is -0.128. The zero-order valence-electron chi connectivity index (χ0n) is 16.9. The summed E-state index contributed by atoms with van der Waals surface area (Å²) in [7, 11) is 0. The van der Waals surface area contributed by atoms with Gasteiger partial charge in [0, 0.05) is 43.3 Å². The van der Waals surface area contributed by atoms with Crippen LogP contribution in [0.4, 0.5) is 0 Å². The van der Waals surface area contributed by atoms with Gasteiger partial charge in [0.05, 0.1) is 0 Å². The van der Waals surface area contributed by atoms with Crippen molar-refractivity contribution in [2.24, 2.45) is 0 Å². The highest BCUT2D eigenvalue weighted by atomic mass is 35.5. The lowest BCUT2D eigenvalue weighted by Gasteiger charge is -2.43. The van der Waals surface area contributed by atoms with E-state index in [9.17, 15) is 4.79 Å². The summed E-state index contributed by atoms with van der Waals surface area (Å²) in [5.41, 5.74) is 1.06. The second-order valence-corrected chi connectivity index (χ2v) is 9.24. The highest BCUT2D eigenvalue weighted by Gasteiger charge is 2.33. The quantitative estimate of drug-likeness (QED) is 0.791. The number of rotatable bonds is 5. The maximum absolute atomic E-state index is 13.3. The monoisotopic (exact) mass is 403 g/mol. The van der Waals surface area contributed by atoms with Crippen molar-refractivity contribution < 1.29 is 4.79 Å². The highest BCUT2D eigenvalue weighted by molar-refractivity contribution is 6.30. The molecule has 1 amide bonds. The molecular weight excluding hydrogens is 370 g/mol. The maximum Gasteiger partial charge on any atom is 0.242 e. The highest BCUT2D eigenvalue weighted by Crippen LogP contribution is 2.28. The molecule has 154 valence electrons. The Morgan fingerprint density at radius 3 is 2.14 bits per heavy atom. The van der Waals surface area contributed by atoms with Gasteiger partial charge in [-0.2, -0.15) is 0 Å². The van der Waals surface area contributed by atoms with Crippen molar-refractivity contribution in [3.8, 4) is 0 Å². The molecule has 0 spiro atoms. The van der Waals surface area contributed by atoms with Crippen molar-refractivity contribution in [1.82, 2.24) is 15.1 Å². The normalized spacial score (nSPS) is 24.3. The Kier molecular flexibility index (Phi) is 6.92. The molecule has 0 unspecified atom stereocenters. The second kappa shape index (κ2) is 9.60. The lowest BCUT2D eigenvalue weighted by atomic mass is 9.93. The number of amides is 1. The van der Waals surface area contributed by atoms with Gasteiger partial charge in [0.1, 0.15) is 6.04 Å². The van der Waals surface area contributed by atoms with Crippen LogP contribution in [0.25, 0.3) is 0 Å². The molecule has 1 aromatic rings. The molecule has 2 saturated carbocycles. The predicted octanol–water partition coefficient (Wildman–Crippen LogP) is 4.39. The van der Waals surface area contributed by atoms with Crippen molar-refractivity contribution in [2.45, 2.75) is 75.9 Å². The molecule has 4 rings (SSSR count). The first-order chi connectivity index (χ1) is 13.7. The summed E-state index contributed by atoms with van der Waals surface area (Å²) in [5, 5.41) is 4.06. The van der Waals surface area contributed by atoms with Gasteiger partial charge in [0.15, 0.2) is 0 Å². The third kappa shape index (κ3) is 4.90. The topological polar surface area (TPSA) is 35.6 Å².